The zero-order chi connectivity index (χ0) is 18.9. The van der Waals surface area contributed by atoms with Gasteiger partial charge in [-0.25, -0.2) is 9.48 Å². The van der Waals surface area contributed by atoms with Crippen molar-refractivity contribution < 1.29 is 4.79 Å². The van der Waals surface area contributed by atoms with Gasteiger partial charge in [-0.2, -0.15) is 0 Å². The highest BCUT2D eigenvalue weighted by atomic mass is 16.2. The maximum atomic E-state index is 12.7. The predicted octanol–water partition coefficient (Wildman–Crippen LogP) is 2.45. The maximum Gasteiger partial charge on any atom is 0.317 e. The highest BCUT2D eigenvalue weighted by Gasteiger charge is 2.27. The minimum absolute atomic E-state index is 0.0609. The second kappa shape index (κ2) is 7.26. The van der Waals surface area contributed by atoms with E-state index in [1.165, 1.54) is 16.6 Å². The zero-order valence-corrected chi connectivity index (χ0v) is 15.8. The number of urea groups is 1. The molecular weight excluding hydrogens is 354 g/mol. The molecule has 2 aliphatic rings. The number of para-hydroxylation sites is 1. The number of aryl methyl sites for hydroxylation is 2. The average molecular weight is 379 g/mol. The number of likely N-dealkylation sites (tertiary alicyclic amines) is 1. The minimum Gasteiger partial charge on any atom is -0.358 e. The lowest BCUT2D eigenvalue weighted by atomic mass is 9.93. The van der Waals surface area contributed by atoms with Crippen molar-refractivity contribution in [3.05, 3.63) is 41.9 Å². The van der Waals surface area contributed by atoms with Crippen LogP contribution in [0.5, 0.6) is 0 Å². The van der Waals surface area contributed by atoms with Crippen LogP contribution in [0.1, 0.15) is 43.1 Å². The number of benzene rings is 1. The number of hydrogen-bond acceptors (Lipinski definition) is 4. The van der Waals surface area contributed by atoms with Gasteiger partial charge < -0.3 is 15.2 Å². The van der Waals surface area contributed by atoms with Crippen LogP contribution in [0.4, 0.5) is 4.79 Å². The SMILES string of the molecule is O=C(NC1CCc2nnnn2CC1)N1CCC(c2cc3ccccc3[nH]2)CC1. The molecule has 2 aromatic heterocycles. The van der Waals surface area contributed by atoms with E-state index in [1.807, 2.05) is 9.58 Å². The Kier molecular flexibility index (Phi) is 4.46. The molecule has 8 heteroatoms. The van der Waals surface area contributed by atoms with Gasteiger partial charge in [0.15, 0.2) is 5.82 Å². The van der Waals surface area contributed by atoms with Crippen molar-refractivity contribution in [2.75, 3.05) is 13.1 Å². The summed E-state index contributed by atoms with van der Waals surface area (Å²) in [7, 11) is 0. The lowest BCUT2D eigenvalue weighted by molar-refractivity contribution is 0.176. The van der Waals surface area contributed by atoms with E-state index in [9.17, 15) is 4.79 Å². The van der Waals surface area contributed by atoms with Crippen LogP contribution >= 0.6 is 0 Å². The summed E-state index contributed by atoms with van der Waals surface area (Å²) in [5.74, 6) is 1.40. The Labute approximate surface area is 163 Å². The molecule has 4 heterocycles. The van der Waals surface area contributed by atoms with Crippen molar-refractivity contribution in [2.24, 2.45) is 0 Å². The smallest absolute Gasteiger partial charge is 0.317 e. The maximum absolute atomic E-state index is 12.7. The summed E-state index contributed by atoms with van der Waals surface area (Å²) in [4.78, 5) is 18.2. The van der Waals surface area contributed by atoms with Crippen molar-refractivity contribution in [2.45, 2.75) is 50.6 Å². The second-order valence-electron chi connectivity index (χ2n) is 7.87. The number of tetrazole rings is 1. The number of piperidine rings is 1. The fourth-order valence-corrected chi connectivity index (χ4v) is 4.42. The normalized spacial score (nSPS) is 20.7. The van der Waals surface area contributed by atoms with Crippen LogP contribution in [-0.2, 0) is 13.0 Å². The molecule has 146 valence electrons. The first-order valence-electron chi connectivity index (χ1n) is 10.1. The monoisotopic (exact) mass is 379 g/mol. The summed E-state index contributed by atoms with van der Waals surface area (Å²) >= 11 is 0. The van der Waals surface area contributed by atoms with Gasteiger partial charge >= 0.3 is 6.03 Å². The summed E-state index contributed by atoms with van der Waals surface area (Å²) in [5, 5.41) is 16.2. The molecule has 1 aromatic carbocycles. The quantitative estimate of drug-likeness (QED) is 0.715. The van der Waals surface area contributed by atoms with Gasteiger partial charge in [0.05, 0.1) is 0 Å². The number of aromatic nitrogens is 5. The van der Waals surface area contributed by atoms with Crippen LogP contribution in [-0.4, -0.2) is 55.3 Å². The van der Waals surface area contributed by atoms with Gasteiger partial charge in [0.25, 0.3) is 0 Å². The van der Waals surface area contributed by atoms with Crippen LogP contribution < -0.4 is 5.32 Å². The Bertz CT molecular complexity index is 914. The molecule has 0 aliphatic carbocycles. The number of carbonyl (C=O) groups excluding carboxylic acids is 1. The molecule has 1 atom stereocenters. The van der Waals surface area contributed by atoms with E-state index in [1.54, 1.807) is 0 Å². The molecule has 5 rings (SSSR count). The number of hydrogen-bond donors (Lipinski definition) is 2. The highest BCUT2D eigenvalue weighted by Crippen LogP contribution is 2.30. The lowest BCUT2D eigenvalue weighted by Gasteiger charge is -2.33. The van der Waals surface area contributed by atoms with Crippen molar-refractivity contribution in [3.8, 4) is 0 Å². The van der Waals surface area contributed by atoms with Crippen LogP contribution in [0.2, 0.25) is 0 Å². The summed E-state index contributed by atoms with van der Waals surface area (Å²) in [6.45, 7) is 2.35. The van der Waals surface area contributed by atoms with E-state index in [-0.39, 0.29) is 12.1 Å². The molecule has 0 spiro atoms. The standard InChI is InChI=1S/C20H25N7O/c28-20(21-16-5-6-19-23-24-25-27(19)12-9-16)26-10-7-14(8-11-26)18-13-15-3-1-2-4-17(15)22-18/h1-4,13-14,16,22H,5-12H2,(H,21,28). The summed E-state index contributed by atoms with van der Waals surface area (Å²) < 4.78 is 1.85. The third-order valence-corrected chi connectivity index (χ3v) is 6.11. The molecule has 3 aromatic rings. The van der Waals surface area contributed by atoms with Crippen LogP contribution in [0.3, 0.4) is 0 Å². The Morgan fingerprint density at radius 3 is 2.82 bits per heavy atom. The first-order valence-corrected chi connectivity index (χ1v) is 10.1. The van der Waals surface area contributed by atoms with E-state index in [0.29, 0.717) is 5.92 Å². The van der Waals surface area contributed by atoms with E-state index in [0.717, 1.165) is 57.6 Å². The number of fused-ring (bicyclic) bond motifs is 2. The largest absolute Gasteiger partial charge is 0.358 e. The average Bonchev–Trinajstić information content (AvgIpc) is 3.32. The number of H-pyrrole nitrogens is 1. The Morgan fingerprint density at radius 2 is 1.96 bits per heavy atom. The van der Waals surface area contributed by atoms with E-state index in [2.05, 4.69) is 56.2 Å². The fraction of sp³-hybridized carbons (Fsp3) is 0.500. The predicted molar refractivity (Wildman–Crippen MR) is 105 cm³/mol. The van der Waals surface area contributed by atoms with Gasteiger partial charge in [0.2, 0.25) is 0 Å². The number of carbonyl (C=O) groups is 1. The van der Waals surface area contributed by atoms with Crippen molar-refractivity contribution >= 4 is 16.9 Å². The van der Waals surface area contributed by atoms with Gasteiger partial charge in [-0.15, -0.1) is 5.10 Å². The van der Waals surface area contributed by atoms with Gasteiger partial charge in [0.1, 0.15) is 0 Å². The number of nitrogens with one attached hydrogen (secondary N) is 2. The summed E-state index contributed by atoms with van der Waals surface area (Å²) in [5.41, 5.74) is 2.48. The Morgan fingerprint density at radius 1 is 1.11 bits per heavy atom. The zero-order valence-electron chi connectivity index (χ0n) is 15.8. The number of rotatable bonds is 2. The number of amides is 2. The molecule has 2 amide bonds. The van der Waals surface area contributed by atoms with Crippen LogP contribution in [0.25, 0.3) is 10.9 Å². The van der Waals surface area contributed by atoms with Crippen LogP contribution in [0.15, 0.2) is 30.3 Å². The molecular formula is C20H25N7O. The third-order valence-electron chi connectivity index (χ3n) is 6.11. The molecule has 28 heavy (non-hydrogen) atoms. The van der Waals surface area contributed by atoms with E-state index in [4.69, 9.17) is 0 Å². The molecule has 1 fully saturated rings. The van der Waals surface area contributed by atoms with Gasteiger partial charge in [-0.1, -0.05) is 18.2 Å². The molecule has 0 saturated carbocycles. The van der Waals surface area contributed by atoms with Crippen LogP contribution in [0, 0.1) is 0 Å². The van der Waals surface area contributed by atoms with E-state index >= 15 is 0 Å². The molecule has 2 N–H and O–H groups in total. The highest BCUT2D eigenvalue weighted by molar-refractivity contribution is 5.80. The molecule has 8 nitrogen and oxygen atoms in total. The number of aromatic amines is 1. The Hall–Kier alpha value is -2.90. The van der Waals surface area contributed by atoms with Crippen molar-refractivity contribution in [1.82, 2.24) is 35.4 Å². The number of nitrogens with zero attached hydrogens (tertiary/aromatic N) is 5. The van der Waals surface area contributed by atoms with Crippen molar-refractivity contribution in [3.63, 3.8) is 0 Å². The van der Waals surface area contributed by atoms with Gasteiger partial charge in [-0.3, -0.25) is 0 Å². The van der Waals surface area contributed by atoms with Crippen molar-refractivity contribution in [1.29, 1.82) is 0 Å². The van der Waals surface area contributed by atoms with Gasteiger partial charge in [0, 0.05) is 49.2 Å². The first-order chi connectivity index (χ1) is 13.8. The molecule has 0 radical (unpaired) electrons. The molecule has 1 saturated heterocycles. The summed E-state index contributed by atoms with van der Waals surface area (Å²) in [6, 6.07) is 10.9. The minimum atomic E-state index is 0.0609. The third kappa shape index (κ3) is 3.34. The lowest BCUT2D eigenvalue weighted by Crippen LogP contribution is -2.47. The molecule has 0 bridgehead atoms. The fourth-order valence-electron chi connectivity index (χ4n) is 4.42. The second-order valence-corrected chi connectivity index (χ2v) is 7.87. The molecule has 2 aliphatic heterocycles. The van der Waals surface area contributed by atoms with Gasteiger partial charge in [-0.05, 0) is 53.6 Å². The molecule has 1 unspecified atom stereocenters. The van der Waals surface area contributed by atoms with E-state index < -0.39 is 0 Å². The Balaban J connectivity index is 1.15. The summed E-state index contributed by atoms with van der Waals surface area (Å²) in [6.07, 6.45) is 4.55. The first kappa shape index (κ1) is 17.2. The topological polar surface area (TPSA) is 91.7 Å².